The summed E-state index contributed by atoms with van der Waals surface area (Å²) in [5, 5.41) is 5.71. The Morgan fingerprint density at radius 3 is 1.92 bits per heavy atom. The summed E-state index contributed by atoms with van der Waals surface area (Å²) in [6.07, 6.45) is 14.7. The molecule has 0 aromatic carbocycles. The number of amides is 2. The number of allylic oxidation sites excluding steroid dienone is 2. The summed E-state index contributed by atoms with van der Waals surface area (Å²) in [6.45, 7) is 3.59. The molecule has 0 unspecified atom stereocenters. The van der Waals surface area contributed by atoms with Gasteiger partial charge in [-0.15, -0.1) is 0 Å². The van der Waals surface area contributed by atoms with Crippen LogP contribution in [-0.2, 0) is 4.57 Å². The maximum atomic E-state index is 11.5. The van der Waals surface area contributed by atoms with Crippen LogP contribution in [0.15, 0.2) is 12.2 Å². The number of unbranched alkanes of at least 4 members (excludes halogenated alkanes) is 8. The van der Waals surface area contributed by atoms with Crippen LogP contribution in [0.2, 0.25) is 0 Å². The summed E-state index contributed by atoms with van der Waals surface area (Å²) in [4.78, 5) is 32.4. The number of hydrogen-bond acceptors (Lipinski definition) is 4. The third-order valence-corrected chi connectivity index (χ3v) is 4.73. The van der Waals surface area contributed by atoms with Crippen molar-refractivity contribution in [1.29, 1.82) is 0 Å². The van der Waals surface area contributed by atoms with E-state index in [1.165, 1.54) is 0 Å². The van der Waals surface area contributed by atoms with E-state index < -0.39 is 7.60 Å². The van der Waals surface area contributed by atoms with Crippen LogP contribution in [0.1, 0.15) is 77.6 Å². The molecule has 0 heterocycles. The normalized spacial score (nSPS) is 11.8. The summed E-state index contributed by atoms with van der Waals surface area (Å²) < 4.78 is 10.5. The van der Waals surface area contributed by atoms with Crippen LogP contribution in [0.5, 0.6) is 0 Å². The standard InChI is InChI=1S/C18H37N2O4P/c1-2-3-12-15-19-18(21)20-16-13-10-8-6-4-5-7-9-11-14-17-25(22,23)24/h4,6H,2-3,5,7-17H2,1H3,(H2,19,20,21)(H2,22,23,24)/p-2/b6-4+. The Bertz CT molecular complexity index is 397. The SMILES string of the molecule is CCCCCNC(=O)NCCCC/C=C/CCCCCCP(=O)([O-])[O-]. The fourth-order valence-corrected chi connectivity index (χ4v) is 3.00. The van der Waals surface area contributed by atoms with Crippen molar-refractivity contribution in [3.8, 4) is 0 Å². The van der Waals surface area contributed by atoms with E-state index in [2.05, 4.69) is 29.7 Å². The number of rotatable bonds is 16. The summed E-state index contributed by atoms with van der Waals surface area (Å²) >= 11 is 0. The van der Waals surface area contributed by atoms with Crippen LogP contribution in [0.3, 0.4) is 0 Å². The van der Waals surface area contributed by atoms with Crippen LogP contribution < -0.4 is 20.4 Å². The van der Waals surface area contributed by atoms with Gasteiger partial charge in [-0.2, -0.15) is 0 Å². The maximum absolute atomic E-state index is 11.5. The monoisotopic (exact) mass is 374 g/mol. The zero-order valence-electron chi connectivity index (χ0n) is 15.6. The lowest BCUT2D eigenvalue weighted by molar-refractivity contribution is -0.313. The lowest BCUT2D eigenvalue weighted by atomic mass is 10.1. The predicted octanol–water partition coefficient (Wildman–Crippen LogP) is 3.07. The second-order valence-electron chi connectivity index (χ2n) is 6.39. The molecular weight excluding hydrogens is 339 g/mol. The van der Waals surface area contributed by atoms with Crippen molar-refractivity contribution in [1.82, 2.24) is 10.6 Å². The van der Waals surface area contributed by atoms with Gasteiger partial charge in [-0.1, -0.05) is 52.4 Å². The van der Waals surface area contributed by atoms with Gasteiger partial charge in [0.1, 0.15) is 0 Å². The molecular formula is C18H35N2O4P-2. The number of nitrogens with one attached hydrogen (secondary N) is 2. The topological polar surface area (TPSA) is 104 Å². The van der Waals surface area contributed by atoms with E-state index in [4.69, 9.17) is 0 Å². The molecule has 0 bridgehead atoms. The second-order valence-corrected chi connectivity index (χ2v) is 8.06. The molecule has 2 N–H and O–H groups in total. The van der Waals surface area contributed by atoms with Gasteiger partial charge in [0.15, 0.2) is 0 Å². The predicted molar refractivity (Wildman–Crippen MR) is 99.5 cm³/mol. The molecule has 0 rings (SSSR count). The van der Waals surface area contributed by atoms with E-state index in [9.17, 15) is 19.1 Å². The minimum Gasteiger partial charge on any atom is -0.811 e. The fourth-order valence-electron chi connectivity index (χ4n) is 2.39. The quantitative estimate of drug-likeness (QED) is 0.246. The molecule has 25 heavy (non-hydrogen) atoms. The van der Waals surface area contributed by atoms with Gasteiger partial charge in [-0.3, -0.25) is 0 Å². The van der Waals surface area contributed by atoms with Crippen molar-refractivity contribution in [2.45, 2.75) is 77.6 Å². The van der Waals surface area contributed by atoms with Crippen LogP contribution in [0.4, 0.5) is 4.79 Å². The molecule has 0 spiro atoms. The molecule has 6 nitrogen and oxygen atoms in total. The molecule has 2 amide bonds. The molecule has 0 aromatic rings. The maximum Gasteiger partial charge on any atom is 0.314 e. The second kappa shape index (κ2) is 16.6. The Morgan fingerprint density at radius 2 is 1.36 bits per heavy atom. The van der Waals surface area contributed by atoms with Gasteiger partial charge in [0.05, 0.1) is 0 Å². The van der Waals surface area contributed by atoms with E-state index >= 15 is 0 Å². The van der Waals surface area contributed by atoms with Crippen molar-refractivity contribution < 1.29 is 19.1 Å². The molecule has 0 saturated heterocycles. The van der Waals surface area contributed by atoms with Crippen molar-refractivity contribution in [2.75, 3.05) is 19.3 Å². The summed E-state index contributed by atoms with van der Waals surface area (Å²) in [7, 11) is -4.30. The molecule has 0 aliphatic heterocycles. The minimum absolute atomic E-state index is 0.0723. The highest BCUT2D eigenvalue weighted by atomic mass is 31.2. The number of carbonyl (C=O) groups is 1. The lowest BCUT2D eigenvalue weighted by Crippen LogP contribution is -2.36. The third kappa shape index (κ3) is 21.1. The Balaban J connectivity index is 3.27. The summed E-state index contributed by atoms with van der Waals surface area (Å²) in [5.41, 5.74) is 0. The average molecular weight is 374 g/mol. The van der Waals surface area contributed by atoms with Crippen LogP contribution >= 0.6 is 7.60 Å². The van der Waals surface area contributed by atoms with Crippen molar-refractivity contribution in [3.63, 3.8) is 0 Å². The molecule has 0 aliphatic rings. The molecule has 0 fully saturated rings. The number of hydrogen-bond donors (Lipinski definition) is 2. The van der Waals surface area contributed by atoms with Crippen molar-refractivity contribution in [2.24, 2.45) is 0 Å². The van der Waals surface area contributed by atoms with Crippen molar-refractivity contribution in [3.05, 3.63) is 12.2 Å². The Labute approximate surface area is 153 Å². The van der Waals surface area contributed by atoms with Crippen LogP contribution in [-0.4, -0.2) is 25.3 Å². The smallest absolute Gasteiger partial charge is 0.314 e. The van der Waals surface area contributed by atoms with Gasteiger partial charge in [-0.25, -0.2) is 4.79 Å². The fraction of sp³-hybridized carbons (Fsp3) is 0.833. The minimum atomic E-state index is -4.30. The molecule has 0 aromatic heterocycles. The van der Waals surface area contributed by atoms with Crippen LogP contribution in [0.25, 0.3) is 0 Å². The van der Waals surface area contributed by atoms with Gasteiger partial charge < -0.3 is 25.0 Å². The van der Waals surface area contributed by atoms with Gasteiger partial charge >= 0.3 is 6.03 Å². The molecule has 7 heteroatoms. The summed E-state index contributed by atoms with van der Waals surface area (Å²) in [5.74, 6) is 0. The average Bonchev–Trinajstić information content (AvgIpc) is 2.55. The van der Waals surface area contributed by atoms with Gasteiger partial charge in [0.25, 0.3) is 0 Å². The molecule has 0 radical (unpaired) electrons. The highest BCUT2D eigenvalue weighted by molar-refractivity contribution is 7.48. The third-order valence-electron chi connectivity index (χ3n) is 3.87. The molecule has 0 aliphatic carbocycles. The van der Waals surface area contributed by atoms with E-state index in [-0.39, 0.29) is 12.2 Å². The zero-order chi connectivity index (χ0) is 18.8. The molecule has 0 atom stereocenters. The Kier molecular flexibility index (Phi) is 16.1. The van der Waals surface area contributed by atoms with Gasteiger partial charge in [0, 0.05) is 13.1 Å². The molecule has 148 valence electrons. The van der Waals surface area contributed by atoms with Gasteiger partial charge in [0.2, 0.25) is 0 Å². The van der Waals surface area contributed by atoms with Crippen molar-refractivity contribution >= 4 is 13.6 Å². The van der Waals surface area contributed by atoms with Crippen LogP contribution in [0, 0.1) is 0 Å². The van der Waals surface area contributed by atoms with Gasteiger partial charge in [-0.05, 0) is 51.1 Å². The lowest BCUT2D eigenvalue weighted by Gasteiger charge is -2.29. The first-order valence-electron chi connectivity index (χ1n) is 9.63. The Morgan fingerprint density at radius 1 is 0.840 bits per heavy atom. The summed E-state index contributed by atoms with van der Waals surface area (Å²) in [6, 6.07) is -0.0723. The van der Waals surface area contributed by atoms with E-state index in [0.717, 1.165) is 70.8 Å². The first-order chi connectivity index (χ1) is 12.0. The first-order valence-corrected chi connectivity index (χ1v) is 11.4. The highest BCUT2D eigenvalue weighted by Gasteiger charge is 1.97. The van der Waals surface area contributed by atoms with E-state index in [1.807, 2.05) is 0 Å². The zero-order valence-corrected chi connectivity index (χ0v) is 16.5. The number of carbonyl (C=O) groups excluding carboxylic acids is 1. The van der Waals surface area contributed by atoms with E-state index in [1.54, 1.807) is 0 Å². The largest absolute Gasteiger partial charge is 0.811 e. The Hall–Kier alpha value is -0.840. The number of urea groups is 1. The first kappa shape index (κ1) is 24.2. The highest BCUT2D eigenvalue weighted by Crippen LogP contribution is 2.24. The van der Waals surface area contributed by atoms with E-state index in [0.29, 0.717) is 13.0 Å². The molecule has 0 saturated carbocycles.